The summed E-state index contributed by atoms with van der Waals surface area (Å²) < 4.78 is 36.1. The molecule has 2 N–H and O–H groups in total. The highest BCUT2D eigenvalue weighted by atomic mass is 19.2. The number of anilines is 1. The number of para-hydroxylation sites is 1. The topological polar surface area (TPSA) is 74.5 Å². The molecule has 0 amide bonds. The van der Waals surface area contributed by atoms with Crippen LogP contribution >= 0.6 is 0 Å². The van der Waals surface area contributed by atoms with Crippen LogP contribution in [0.15, 0.2) is 120 Å². The quantitative estimate of drug-likeness (QED) is 0.122. The van der Waals surface area contributed by atoms with Crippen LogP contribution in [0, 0.1) is 23.0 Å². The monoisotopic (exact) mass is 657 g/mol. The molecular formula is C42H41F2N3O2. The fraction of sp³-hybridized carbons (Fsp3) is 0.262. The second-order valence-corrected chi connectivity index (χ2v) is 12.9. The molecule has 5 nitrogen and oxygen atoms in total. The zero-order valence-corrected chi connectivity index (χ0v) is 27.8. The van der Waals surface area contributed by atoms with Crippen molar-refractivity contribution in [3.63, 3.8) is 0 Å². The summed E-state index contributed by atoms with van der Waals surface area (Å²) >= 11 is 0. The minimum absolute atomic E-state index is 0.0215. The van der Waals surface area contributed by atoms with Gasteiger partial charge in [0.2, 0.25) is 5.82 Å². The molecule has 7 heteroatoms. The van der Waals surface area contributed by atoms with Crippen molar-refractivity contribution < 1.29 is 18.3 Å². The molecule has 2 aliphatic carbocycles. The highest BCUT2D eigenvalue weighted by Gasteiger charge is 2.24. The Bertz CT molecular complexity index is 1920. The molecule has 0 radical (unpaired) electrons. The number of rotatable bonds is 11. The number of ether oxygens (including phenoxy) is 1. The van der Waals surface area contributed by atoms with Crippen LogP contribution in [0.4, 0.5) is 14.5 Å². The van der Waals surface area contributed by atoms with Crippen LogP contribution in [0.1, 0.15) is 79.8 Å². The third kappa shape index (κ3) is 8.11. The van der Waals surface area contributed by atoms with Gasteiger partial charge >= 0.3 is 0 Å². The number of Topliss-reactive ketones (excluding diaryl/α,β-unsaturated/α-hetero) is 1. The molecule has 3 aromatic rings. The molecule has 0 saturated heterocycles. The van der Waals surface area contributed by atoms with Gasteiger partial charge < -0.3 is 15.5 Å². The first kappa shape index (κ1) is 33.7. The number of aryl methyl sites for hydroxylation is 1. The Kier molecular flexibility index (Phi) is 10.6. The summed E-state index contributed by atoms with van der Waals surface area (Å²) in [7, 11) is 0. The van der Waals surface area contributed by atoms with Gasteiger partial charge in [0.25, 0.3) is 0 Å². The summed E-state index contributed by atoms with van der Waals surface area (Å²) in [5.74, 6) is -1.35. The second kappa shape index (κ2) is 15.4. The fourth-order valence-electron chi connectivity index (χ4n) is 6.63. The number of halogens is 2. The van der Waals surface area contributed by atoms with Crippen molar-refractivity contribution in [1.82, 2.24) is 0 Å². The number of nitrogens with zero attached hydrogens (tertiary/aromatic N) is 1. The van der Waals surface area contributed by atoms with Crippen LogP contribution in [0.2, 0.25) is 0 Å². The summed E-state index contributed by atoms with van der Waals surface area (Å²) in [4.78, 5) is 18.1. The molecule has 250 valence electrons. The largest absolute Gasteiger partial charge is 0.454 e. The van der Waals surface area contributed by atoms with Gasteiger partial charge in [0.15, 0.2) is 17.3 Å². The maximum atomic E-state index is 15.4. The highest BCUT2D eigenvalue weighted by Crippen LogP contribution is 2.36. The predicted molar refractivity (Wildman–Crippen MR) is 195 cm³/mol. The lowest BCUT2D eigenvalue weighted by atomic mass is 9.82. The number of benzene rings is 3. The van der Waals surface area contributed by atoms with E-state index in [0.29, 0.717) is 54.2 Å². The zero-order valence-electron chi connectivity index (χ0n) is 27.8. The van der Waals surface area contributed by atoms with E-state index in [1.54, 1.807) is 30.5 Å². The predicted octanol–water partition coefficient (Wildman–Crippen LogP) is 11.1. The fourth-order valence-corrected chi connectivity index (χ4v) is 6.63. The summed E-state index contributed by atoms with van der Waals surface area (Å²) in [6.45, 7) is 6.11. The number of hydrogen-bond donors (Lipinski definition) is 2. The average molecular weight is 658 g/mol. The van der Waals surface area contributed by atoms with Crippen molar-refractivity contribution in [2.45, 2.75) is 64.7 Å². The third-order valence-electron chi connectivity index (χ3n) is 9.33. The van der Waals surface area contributed by atoms with E-state index in [1.165, 1.54) is 17.7 Å². The molecule has 49 heavy (non-hydrogen) atoms. The SMILES string of the molecule is C=C1CCC(CC(=N)CC(=O)c2ccc(N/C3=C\C/C=C\C=C4\CC(c5ccc(Oc6ccccc6)c(F)c5F)=CN=C43)cc2CC)CC1. The lowest BCUT2D eigenvalue weighted by Gasteiger charge is -2.23. The van der Waals surface area contributed by atoms with Gasteiger partial charge in [-0.3, -0.25) is 9.79 Å². The average Bonchev–Trinajstić information content (AvgIpc) is 3.10. The van der Waals surface area contributed by atoms with Crippen molar-refractivity contribution in [2.24, 2.45) is 10.9 Å². The molecule has 1 fully saturated rings. The Morgan fingerprint density at radius 2 is 1.84 bits per heavy atom. The normalized spacial score (nSPS) is 19.1. The van der Waals surface area contributed by atoms with Gasteiger partial charge in [-0.25, -0.2) is 4.39 Å². The van der Waals surface area contributed by atoms with E-state index in [2.05, 4.69) is 11.9 Å². The lowest BCUT2D eigenvalue weighted by molar-refractivity contribution is 0.0999. The van der Waals surface area contributed by atoms with Crippen LogP contribution in [0.5, 0.6) is 11.5 Å². The van der Waals surface area contributed by atoms with E-state index in [9.17, 15) is 4.79 Å². The molecular weight excluding hydrogens is 616 g/mol. The summed E-state index contributed by atoms with van der Waals surface area (Å²) in [6.07, 6.45) is 16.2. The van der Waals surface area contributed by atoms with Gasteiger partial charge in [0.1, 0.15) is 5.75 Å². The molecule has 3 aromatic carbocycles. The minimum atomic E-state index is -1.05. The van der Waals surface area contributed by atoms with E-state index in [0.717, 1.165) is 53.9 Å². The van der Waals surface area contributed by atoms with Gasteiger partial charge in [-0.05, 0) is 110 Å². The van der Waals surface area contributed by atoms with E-state index in [1.807, 2.05) is 55.5 Å². The Labute approximate surface area is 287 Å². The summed E-state index contributed by atoms with van der Waals surface area (Å²) in [5.41, 5.74) is 7.25. The molecule has 0 bridgehead atoms. The van der Waals surface area contributed by atoms with Gasteiger partial charge in [-0.2, -0.15) is 4.39 Å². The van der Waals surface area contributed by atoms with Gasteiger partial charge in [0.05, 0.1) is 11.4 Å². The first-order valence-corrected chi connectivity index (χ1v) is 17.0. The van der Waals surface area contributed by atoms with Crippen LogP contribution in [0.25, 0.3) is 5.57 Å². The number of carbonyl (C=O) groups excluding carboxylic acids is 1. The molecule has 1 heterocycles. The summed E-state index contributed by atoms with van der Waals surface area (Å²) in [6, 6.07) is 17.4. The van der Waals surface area contributed by atoms with E-state index in [4.69, 9.17) is 15.1 Å². The van der Waals surface area contributed by atoms with E-state index < -0.39 is 11.6 Å². The van der Waals surface area contributed by atoms with Gasteiger partial charge in [-0.1, -0.05) is 61.6 Å². The van der Waals surface area contributed by atoms with E-state index >= 15 is 8.78 Å². The Morgan fingerprint density at radius 3 is 2.61 bits per heavy atom. The molecule has 0 spiro atoms. The standard InChI is InChI=1S/C42H41F2N3O2/c1-3-29-24-33(18-19-35(29)38(48)25-32(45)22-28-16-14-27(2)15-17-28)47-37-13-9-4-6-10-30-23-31(26-46-42(30)37)36-20-21-39(41(44)40(36)43)49-34-11-7-5-8-12-34/h4-8,10-13,18-21,24,26,28,45,47H,2-3,9,14-17,22-23,25H2,1H3/b6-4-,30-10-,37-13-,45-32?. The third-order valence-corrected chi connectivity index (χ3v) is 9.33. The van der Waals surface area contributed by atoms with Crippen molar-refractivity contribution in [3.05, 3.63) is 143 Å². The molecule has 3 aliphatic rings. The smallest absolute Gasteiger partial charge is 0.201 e. The number of fused-ring (bicyclic) bond motifs is 1. The molecule has 6 rings (SSSR count). The van der Waals surface area contributed by atoms with E-state index in [-0.39, 0.29) is 23.5 Å². The molecule has 1 aliphatic heterocycles. The molecule has 0 atom stereocenters. The van der Waals surface area contributed by atoms with Gasteiger partial charge in [0, 0.05) is 41.6 Å². The summed E-state index contributed by atoms with van der Waals surface area (Å²) in [5, 5.41) is 12.0. The van der Waals surface area contributed by atoms with Crippen molar-refractivity contribution in [1.29, 1.82) is 5.41 Å². The van der Waals surface area contributed by atoms with Crippen molar-refractivity contribution in [3.8, 4) is 11.5 Å². The maximum Gasteiger partial charge on any atom is 0.201 e. The van der Waals surface area contributed by atoms with Crippen molar-refractivity contribution >= 4 is 28.5 Å². The lowest BCUT2D eigenvalue weighted by Crippen LogP contribution is -2.18. The van der Waals surface area contributed by atoms with Crippen LogP contribution in [-0.2, 0) is 6.42 Å². The molecule has 1 saturated carbocycles. The number of aliphatic imine (C=N–C) groups is 1. The number of allylic oxidation sites excluding steroid dienone is 7. The maximum absolute atomic E-state index is 15.4. The second-order valence-electron chi connectivity index (χ2n) is 12.9. The first-order valence-electron chi connectivity index (χ1n) is 17.0. The molecule has 0 aromatic heterocycles. The Hall–Kier alpha value is -5.17. The highest BCUT2D eigenvalue weighted by molar-refractivity contribution is 6.16. The van der Waals surface area contributed by atoms with Crippen LogP contribution in [0.3, 0.4) is 0 Å². The van der Waals surface area contributed by atoms with Gasteiger partial charge in [-0.15, -0.1) is 0 Å². The minimum Gasteiger partial charge on any atom is -0.454 e. The number of ketones is 1. The Morgan fingerprint density at radius 1 is 1.04 bits per heavy atom. The van der Waals surface area contributed by atoms with Crippen molar-refractivity contribution in [2.75, 3.05) is 5.32 Å². The number of carbonyl (C=O) groups is 1. The van der Waals surface area contributed by atoms with Crippen LogP contribution in [-0.4, -0.2) is 17.2 Å². The number of hydrogen-bond acceptors (Lipinski definition) is 5. The first-order chi connectivity index (χ1) is 23.8. The Balaban J connectivity index is 1.18. The number of nitrogens with one attached hydrogen (secondary N) is 2. The molecule has 0 unspecified atom stereocenters. The zero-order chi connectivity index (χ0) is 34.3. The van der Waals surface area contributed by atoms with Crippen LogP contribution < -0.4 is 10.1 Å².